The van der Waals surface area contributed by atoms with E-state index in [0.29, 0.717) is 24.2 Å². The minimum atomic E-state index is -0.583. The van der Waals surface area contributed by atoms with Crippen LogP contribution in [-0.4, -0.2) is 23.1 Å². The van der Waals surface area contributed by atoms with Crippen molar-refractivity contribution in [3.05, 3.63) is 54.8 Å². The van der Waals surface area contributed by atoms with Crippen molar-refractivity contribution in [2.45, 2.75) is 53.5 Å². The first kappa shape index (κ1) is 25.4. The quantitative estimate of drug-likeness (QED) is 0.262. The van der Waals surface area contributed by atoms with Gasteiger partial charge in [0.05, 0.1) is 5.70 Å². The van der Waals surface area contributed by atoms with Crippen LogP contribution >= 0.6 is 0 Å². The van der Waals surface area contributed by atoms with Crippen LogP contribution < -0.4 is 16.7 Å². The maximum atomic E-state index is 13.1. The summed E-state index contributed by atoms with van der Waals surface area (Å²) < 4.78 is 0. The van der Waals surface area contributed by atoms with Crippen LogP contribution in [0.5, 0.6) is 0 Å². The summed E-state index contributed by atoms with van der Waals surface area (Å²) in [6.07, 6.45) is 0.945. The third-order valence-electron chi connectivity index (χ3n) is 4.65. The fraction of sp³-hybridized carbons (Fsp3) is 0.478. The average Bonchev–Trinajstić information content (AvgIpc) is 2.68. The molecule has 7 heteroatoms. The molecular weight excluding hydrogens is 380 g/mol. The van der Waals surface area contributed by atoms with Gasteiger partial charge in [0.1, 0.15) is 6.04 Å². The minimum Gasteiger partial charge on any atom is -0.394 e. The van der Waals surface area contributed by atoms with Gasteiger partial charge in [-0.1, -0.05) is 78.1 Å². The molecule has 0 aliphatic rings. The molecule has 0 saturated heterocycles. The molecule has 0 radical (unpaired) electrons. The smallest absolute Gasteiger partial charge is 0.237 e. The topological polar surface area (TPSA) is 109 Å². The van der Waals surface area contributed by atoms with Crippen molar-refractivity contribution in [2.24, 2.45) is 28.1 Å². The summed E-state index contributed by atoms with van der Waals surface area (Å²) >= 11 is 0. The van der Waals surface area contributed by atoms with Gasteiger partial charge in [0.25, 0.3) is 0 Å². The third-order valence-corrected chi connectivity index (χ3v) is 4.65. The fourth-order valence-electron chi connectivity index (χ4n) is 3.09. The first-order valence-electron chi connectivity index (χ1n) is 10.1. The Bertz CT molecular complexity index is 751. The summed E-state index contributed by atoms with van der Waals surface area (Å²) in [4.78, 5) is 22.7. The van der Waals surface area contributed by atoms with Crippen molar-refractivity contribution in [1.29, 1.82) is 0 Å². The maximum Gasteiger partial charge on any atom is 0.237 e. The average molecular weight is 417 g/mol. The van der Waals surface area contributed by atoms with E-state index in [1.165, 1.54) is 0 Å². The second kappa shape index (κ2) is 11.5. The molecule has 7 nitrogen and oxygen atoms in total. The van der Waals surface area contributed by atoms with Crippen LogP contribution in [0, 0.1) is 17.3 Å². The van der Waals surface area contributed by atoms with Gasteiger partial charge in [-0.3, -0.25) is 15.5 Å². The van der Waals surface area contributed by atoms with E-state index in [4.69, 9.17) is 15.9 Å². The summed E-state index contributed by atoms with van der Waals surface area (Å²) in [5.41, 5.74) is 3.29. The van der Waals surface area contributed by atoms with Gasteiger partial charge in [-0.15, -0.1) is 0 Å². The third kappa shape index (κ3) is 8.00. The molecule has 0 bridgehead atoms. The highest BCUT2D eigenvalue weighted by Gasteiger charge is 2.35. The molecule has 0 fully saturated rings. The van der Waals surface area contributed by atoms with Gasteiger partial charge in [0, 0.05) is 18.0 Å². The predicted octanol–water partition coefficient (Wildman–Crippen LogP) is 4.02. The number of aliphatic imine (C=N–C) groups is 1. The Morgan fingerprint density at radius 3 is 2.30 bits per heavy atom. The first-order valence-corrected chi connectivity index (χ1v) is 10.1. The highest BCUT2D eigenvalue weighted by Crippen LogP contribution is 2.25. The number of hydrogen-bond donors (Lipinski definition) is 4. The molecule has 0 heterocycles. The largest absolute Gasteiger partial charge is 0.394 e. The molecule has 0 aromatic heterocycles. The van der Waals surface area contributed by atoms with Crippen LogP contribution in [0.2, 0.25) is 0 Å². The van der Waals surface area contributed by atoms with Gasteiger partial charge in [-0.05, 0) is 23.3 Å². The lowest BCUT2D eigenvalue weighted by Gasteiger charge is -2.32. The summed E-state index contributed by atoms with van der Waals surface area (Å²) in [5, 5.41) is 12.1. The monoisotopic (exact) mass is 416 g/mol. The van der Waals surface area contributed by atoms with Crippen LogP contribution in [0.3, 0.4) is 0 Å². The van der Waals surface area contributed by atoms with Gasteiger partial charge in [-0.2, -0.15) is 5.90 Å². The predicted molar refractivity (Wildman–Crippen MR) is 121 cm³/mol. The summed E-state index contributed by atoms with van der Waals surface area (Å²) in [6.45, 7) is 17.7. The maximum absolute atomic E-state index is 13.1. The van der Waals surface area contributed by atoms with E-state index in [1.54, 1.807) is 0 Å². The Hall–Kier alpha value is -2.64. The molecular formula is C23H36N4O3. The summed E-state index contributed by atoms with van der Waals surface area (Å²) in [6, 6.07) is 8.87. The van der Waals surface area contributed by atoms with Gasteiger partial charge < -0.3 is 10.2 Å². The van der Waals surface area contributed by atoms with Crippen molar-refractivity contribution in [2.75, 3.05) is 0 Å². The zero-order valence-electron chi connectivity index (χ0n) is 18.7. The lowest BCUT2D eigenvalue weighted by atomic mass is 9.85. The number of benzene rings is 1. The summed E-state index contributed by atoms with van der Waals surface area (Å²) in [5.74, 6) is 5.45. The summed E-state index contributed by atoms with van der Waals surface area (Å²) in [7, 11) is 0. The minimum absolute atomic E-state index is 0.173. The normalized spacial score (nSPS) is 14.1. The van der Waals surface area contributed by atoms with Crippen molar-refractivity contribution < 1.29 is 14.8 Å². The number of hydrogen-bond acceptors (Lipinski definition) is 6. The highest BCUT2D eigenvalue weighted by atomic mass is 16.6. The van der Waals surface area contributed by atoms with Gasteiger partial charge in [-0.25, -0.2) is 4.99 Å². The Labute approximate surface area is 180 Å². The van der Waals surface area contributed by atoms with E-state index in [-0.39, 0.29) is 23.6 Å². The van der Waals surface area contributed by atoms with E-state index < -0.39 is 11.5 Å². The first-order chi connectivity index (χ1) is 14.0. The number of nitrogens with two attached hydrogens (primary N) is 1. The van der Waals surface area contributed by atoms with Crippen LogP contribution in [-0.2, 0) is 9.63 Å². The number of allylic oxidation sites excluding steroid dienone is 1. The second-order valence-corrected chi connectivity index (χ2v) is 8.93. The number of carbonyl (C=O) groups excluding carboxylic acids is 1. The van der Waals surface area contributed by atoms with Crippen molar-refractivity contribution in [1.82, 2.24) is 10.8 Å². The van der Waals surface area contributed by atoms with E-state index in [2.05, 4.69) is 23.5 Å². The molecule has 5 N–H and O–H groups in total. The molecule has 0 unspecified atom stereocenters. The molecule has 0 aliphatic heterocycles. The molecule has 1 aromatic rings. The number of nitrogens with one attached hydrogen (secondary N) is 2. The van der Waals surface area contributed by atoms with E-state index in [1.807, 2.05) is 70.4 Å². The lowest BCUT2D eigenvalue weighted by molar-refractivity contribution is -0.126. The fourth-order valence-corrected chi connectivity index (χ4v) is 3.09. The Morgan fingerprint density at radius 2 is 1.83 bits per heavy atom. The second-order valence-electron chi connectivity index (χ2n) is 8.93. The zero-order chi connectivity index (χ0) is 22.9. The highest BCUT2D eigenvalue weighted by molar-refractivity contribution is 5.92. The molecule has 30 heavy (non-hydrogen) atoms. The Kier molecular flexibility index (Phi) is 9.75. The molecule has 1 aromatic carbocycles. The molecule has 0 aliphatic carbocycles. The number of rotatable bonds is 10. The van der Waals surface area contributed by atoms with Crippen LogP contribution in [0.15, 0.2) is 54.2 Å². The standard InChI is InChI=1S/C23H36N4O3/c1-15(2)13-19(14-16(3)27-29)21(28)26-20(23(5,6)7)22(30-24)25-17(4)18-11-9-8-10-12-18/h8-12,15,19-20,27,29H,3-4,13-14,24H2,1-2,5-7H3,(H,26,28)/t19-,20-/m1/s1. The molecule has 166 valence electrons. The number of hydroxylamine groups is 1. The molecule has 0 saturated carbocycles. The molecule has 2 atom stereocenters. The van der Waals surface area contributed by atoms with E-state index in [9.17, 15) is 4.79 Å². The Balaban J connectivity index is 3.17. The van der Waals surface area contributed by atoms with Gasteiger partial charge >= 0.3 is 0 Å². The van der Waals surface area contributed by atoms with Crippen molar-refractivity contribution in [3.63, 3.8) is 0 Å². The van der Waals surface area contributed by atoms with Crippen LogP contribution in [0.1, 0.15) is 53.0 Å². The van der Waals surface area contributed by atoms with Crippen LogP contribution in [0.4, 0.5) is 0 Å². The lowest BCUT2D eigenvalue weighted by Crippen LogP contribution is -2.52. The number of carbonyl (C=O) groups is 1. The van der Waals surface area contributed by atoms with E-state index >= 15 is 0 Å². The van der Waals surface area contributed by atoms with Crippen LogP contribution in [0.25, 0.3) is 5.70 Å². The van der Waals surface area contributed by atoms with Gasteiger partial charge in [0.15, 0.2) is 0 Å². The van der Waals surface area contributed by atoms with Crippen molar-refractivity contribution >= 4 is 17.5 Å². The van der Waals surface area contributed by atoms with Gasteiger partial charge in [0.2, 0.25) is 11.8 Å². The van der Waals surface area contributed by atoms with Crippen molar-refractivity contribution in [3.8, 4) is 0 Å². The van der Waals surface area contributed by atoms with E-state index in [0.717, 1.165) is 5.56 Å². The molecule has 1 amide bonds. The zero-order valence-corrected chi connectivity index (χ0v) is 18.7. The SMILES string of the molecule is C=C(C[C@@H](CC(C)C)C(=O)N[C@H](C(=NC(=C)c1ccccc1)ON)C(C)(C)C)NO. The number of amides is 1. The Morgan fingerprint density at radius 1 is 1.23 bits per heavy atom. The molecule has 1 rings (SSSR count). The molecule has 0 spiro atoms. The number of nitrogens with zero attached hydrogens (tertiary/aromatic N) is 1.